The normalized spacial score (nSPS) is 15.3. The van der Waals surface area contributed by atoms with Gasteiger partial charge in [0.05, 0.1) is 5.69 Å². The maximum absolute atomic E-state index is 5.58. The zero-order valence-electron chi connectivity index (χ0n) is 8.87. The quantitative estimate of drug-likeness (QED) is 0.833. The van der Waals surface area contributed by atoms with E-state index < -0.39 is 0 Å². The predicted molar refractivity (Wildman–Crippen MR) is 59.4 cm³/mol. The molecule has 1 aliphatic rings. The van der Waals surface area contributed by atoms with Crippen molar-refractivity contribution in [3.8, 4) is 11.4 Å². The standard InChI is InChI=1S/C11H13N5/c12-6-9-5-8(3-4-13-9)11-15-14-7-16(11)10-1-2-10/h3-5,7,10H,1-2,6,12H2. The third kappa shape index (κ3) is 1.59. The molecule has 0 spiro atoms. The summed E-state index contributed by atoms with van der Waals surface area (Å²) < 4.78 is 2.13. The number of nitrogens with zero attached hydrogens (tertiary/aromatic N) is 4. The van der Waals surface area contributed by atoms with Gasteiger partial charge in [-0.1, -0.05) is 0 Å². The second-order valence-electron chi connectivity index (χ2n) is 4.03. The number of nitrogens with two attached hydrogens (primary N) is 1. The van der Waals surface area contributed by atoms with Crippen molar-refractivity contribution in [3.05, 3.63) is 30.4 Å². The van der Waals surface area contributed by atoms with Crippen LogP contribution in [0.3, 0.4) is 0 Å². The van der Waals surface area contributed by atoms with Gasteiger partial charge in [0.15, 0.2) is 5.82 Å². The summed E-state index contributed by atoms with van der Waals surface area (Å²) in [5.74, 6) is 0.916. The van der Waals surface area contributed by atoms with Crippen LogP contribution in [0.1, 0.15) is 24.6 Å². The topological polar surface area (TPSA) is 69.6 Å². The van der Waals surface area contributed by atoms with Gasteiger partial charge in [0.2, 0.25) is 0 Å². The molecule has 5 nitrogen and oxygen atoms in total. The van der Waals surface area contributed by atoms with Gasteiger partial charge in [-0.3, -0.25) is 4.98 Å². The highest BCUT2D eigenvalue weighted by atomic mass is 15.3. The second-order valence-corrected chi connectivity index (χ2v) is 4.03. The van der Waals surface area contributed by atoms with Crippen molar-refractivity contribution in [2.24, 2.45) is 5.73 Å². The van der Waals surface area contributed by atoms with Gasteiger partial charge in [0.1, 0.15) is 6.33 Å². The maximum atomic E-state index is 5.58. The number of aromatic nitrogens is 4. The summed E-state index contributed by atoms with van der Waals surface area (Å²) in [5, 5.41) is 8.14. The first-order valence-corrected chi connectivity index (χ1v) is 5.43. The zero-order valence-corrected chi connectivity index (χ0v) is 8.87. The molecule has 5 heteroatoms. The number of hydrogen-bond acceptors (Lipinski definition) is 4. The molecule has 1 aliphatic carbocycles. The molecule has 3 rings (SSSR count). The van der Waals surface area contributed by atoms with Crippen LogP contribution >= 0.6 is 0 Å². The lowest BCUT2D eigenvalue weighted by molar-refractivity contribution is 0.745. The molecule has 1 fully saturated rings. The summed E-state index contributed by atoms with van der Waals surface area (Å²) in [7, 11) is 0. The summed E-state index contributed by atoms with van der Waals surface area (Å²) in [6.07, 6.45) is 6.01. The largest absolute Gasteiger partial charge is 0.325 e. The van der Waals surface area contributed by atoms with E-state index in [2.05, 4.69) is 19.7 Å². The highest BCUT2D eigenvalue weighted by Gasteiger charge is 2.26. The third-order valence-electron chi connectivity index (χ3n) is 2.80. The Labute approximate surface area is 93.3 Å². The van der Waals surface area contributed by atoms with Crippen molar-refractivity contribution in [2.75, 3.05) is 0 Å². The predicted octanol–water partition coefficient (Wildman–Crippen LogP) is 1.13. The van der Waals surface area contributed by atoms with E-state index in [9.17, 15) is 0 Å². The summed E-state index contributed by atoms with van der Waals surface area (Å²) in [4.78, 5) is 4.18. The Balaban J connectivity index is 2.03. The molecule has 0 atom stereocenters. The molecule has 2 heterocycles. The van der Waals surface area contributed by atoms with E-state index >= 15 is 0 Å². The molecule has 16 heavy (non-hydrogen) atoms. The van der Waals surface area contributed by atoms with Gasteiger partial charge in [0.25, 0.3) is 0 Å². The van der Waals surface area contributed by atoms with Crippen LogP contribution < -0.4 is 5.73 Å². The monoisotopic (exact) mass is 215 g/mol. The lowest BCUT2D eigenvalue weighted by Gasteiger charge is -2.05. The van der Waals surface area contributed by atoms with Crippen LogP contribution in [0, 0.1) is 0 Å². The summed E-state index contributed by atoms with van der Waals surface area (Å²) >= 11 is 0. The van der Waals surface area contributed by atoms with Crippen LogP contribution in [-0.4, -0.2) is 19.7 Å². The average Bonchev–Trinajstić information content (AvgIpc) is 3.07. The van der Waals surface area contributed by atoms with Crippen molar-refractivity contribution in [1.29, 1.82) is 0 Å². The molecule has 0 saturated heterocycles. The second kappa shape index (κ2) is 3.68. The molecular formula is C11H13N5. The fourth-order valence-electron chi connectivity index (χ4n) is 1.80. The van der Waals surface area contributed by atoms with E-state index in [0.29, 0.717) is 12.6 Å². The van der Waals surface area contributed by atoms with Crippen molar-refractivity contribution in [1.82, 2.24) is 19.7 Å². The van der Waals surface area contributed by atoms with E-state index in [0.717, 1.165) is 17.1 Å². The van der Waals surface area contributed by atoms with Crippen LogP contribution in [-0.2, 0) is 6.54 Å². The molecule has 2 N–H and O–H groups in total. The van der Waals surface area contributed by atoms with Crippen LogP contribution in [0.5, 0.6) is 0 Å². The van der Waals surface area contributed by atoms with E-state index in [1.165, 1.54) is 12.8 Å². The van der Waals surface area contributed by atoms with E-state index in [1.54, 1.807) is 12.5 Å². The van der Waals surface area contributed by atoms with Gasteiger partial charge in [-0.05, 0) is 25.0 Å². The average molecular weight is 215 g/mol. The maximum Gasteiger partial charge on any atom is 0.164 e. The minimum Gasteiger partial charge on any atom is -0.325 e. The SMILES string of the molecule is NCc1cc(-c2nncn2C2CC2)ccn1. The van der Waals surface area contributed by atoms with E-state index in [1.807, 2.05) is 12.1 Å². The third-order valence-corrected chi connectivity index (χ3v) is 2.80. The van der Waals surface area contributed by atoms with Gasteiger partial charge in [-0.2, -0.15) is 0 Å². The summed E-state index contributed by atoms with van der Waals surface area (Å²) in [6, 6.07) is 4.50. The molecule has 0 aromatic carbocycles. The molecular weight excluding hydrogens is 202 g/mol. The first-order valence-electron chi connectivity index (χ1n) is 5.43. The van der Waals surface area contributed by atoms with Gasteiger partial charge in [-0.25, -0.2) is 0 Å². The molecule has 0 unspecified atom stereocenters. The molecule has 1 saturated carbocycles. The fraction of sp³-hybridized carbons (Fsp3) is 0.364. The van der Waals surface area contributed by atoms with Crippen LogP contribution in [0.25, 0.3) is 11.4 Å². The smallest absolute Gasteiger partial charge is 0.164 e. The molecule has 0 aliphatic heterocycles. The fourth-order valence-corrected chi connectivity index (χ4v) is 1.80. The van der Waals surface area contributed by atoms with Crippen molar-refractivity contribution < 1.29 is 0 Å². The van der Waals surface area contributed by atoms with Gasteiger partial charge < -0.3 is 10.3 Å². The van der Waals surface area contributed by atoms with Crippen LogP contribution in [0.4, 0.5) is 0 Å². The van der Waals surface area contributed by atoms with E-state index in [-0.39, 0.29) is 0 Å². The number of hydrogen-bond donors (Lipinski definition) is 1. The lowest BCUT2D eigenvalue weighted by atomic mass is 10.2. The van der Waals surface area contributed by atoms with Crippen molar-refractivity contribution in [2.45, 2.75) is 25.4 Å². The van der Waals surface area contributed by atoms with E-state index in [4.69, 9.17) is 5.73 Å². The lowest BCUT2D eigenvalue weighted by Crippen LogP contribution is -2.01. The van der Waals surface area contributed by atoms with Gasteiger partial charge in [-0.15, -0.1) is 10.2 Å². The molecule has 0 amide bonds. The molecule has 0 bridgehead atoms. The Bertz CT molecular complexity index is 501. The van der Waals surface area contributed by atoms with Crippen molar-refractivity contribution >= 4 is 0 Å². The van der Waals surface area contributed by atoms with Gasteiger partial charge in [0, 0.05) is 24.3 Å². The highest BCUT2D eigenvalue weighted by Crippen LogP contribution is 2.37. The molecule has 82 valence electrons. The van der Waals surface area contributed by atoms with Crippen LogP contribution in [0.2, 0.25) is 0 Å². The van der Waals surface area contributed by atoms with Crippen molar-refractivity contribution in [3.63, 3.8) is 0 Å². The number of rotatable bonds is 3. The van der Waals surface area contributed by atoms with Crippen LogP contribution in [0.15, 0.2) is 24.7 Å². The number of pyridine rings is 1. The minimum atomic E-state index is 0.450. The first kappa shape index (κ1) is 9.47. The Kier molecular flexibility index (Phi) is 2.18. The highest BCUT2D eigenvalue weighted by molar-refractivity contribution is 5.55. The molecule has 2 aromatic heterocycles. The van der Waals surface area contributed by atoms with Gasteiger partial charge >= 0.3 is 0 Å². The minimum absolute atomic E-state index is 0.450. The Morgan fingerprint density at radius 2 is 2.31 bits per heavy atom. The Hall–Kier alpha value is -1.75. The zero-order chi connectivity index (χ0) is 11.0. The summed E-state index contributed by atoms with van der Waals surface area (Å²) in [6.45, 7) is 0.450. The summed E-state index contributed by atoms with van der Waals surface area (Å²) in [5.41, 5.74) is 7.50. The Morgan fingerprint density at radius 1 is 1.44 bits per heavy atom. The molecule has 2 aromatic rings. The Morgan fingerprint density at radius 3 is 3.06 bits per heavy atom. The molecule has 0 radical (unpaired) electrons. The first-order chi connectivity index (χ1) is 7.88.